The number of rotatable bonds is 5. The van der Waals surface area contributed by atoms with E-state index in [2.05, 4.69) is 19.3 Å². The molecule has 2 fully saturated rings. The van der Waals surface area contributed by atoms with Crippen LogP contribution in [-0.4, -0.2) is 25.3 Å². The zero-order chi connectivity index (χ0) is 12.1. The van der Waals surface area contributed by atoms with Gasteiger partial charge in [0.2, 0.25) is 0 Å². The molecule has 100 valence electrons. The molecule has 1 N–H and O–H groups in total. The fraction of sp³-hybridized carbons (Fsp3) is 1.00. The Kier molecular flexibility index (Phi) is 4.87. The van der Waals surface area contributed by atoms with Gasteiger partial charge in [0.1, 0.15) is 0 Å². The van der Waals surface area contributed by atoms with Gasteiger partial charge in [-0.05, 0) is 57.9 Å². The quantitative estimate of drug-likeness (QED) is 0.793. The van der Waals surface area contributed by atoms with E-state index in [1.165, 1.54) is 57.8 Å². The van der Waals surface area contributed by atoms with Crippen molar-refractivity contribution in [1.29, 1.82) is 0 Å². The SMILES string of the molecule is CCC(CCC1CCOC2(CCCC2)C1)NC. The van der Waals surface area contributed by atoms with Crippen LogP contribution in [0.25, 0.3) is 0 Å². The van der Waals surface area contributed by atoms with Crippen molar-refractivity contribution in [1.82, 2.24) is 5.32 Å². The van der Waals surface area contributed by atoms with Crippen molar-refractivity contribution in [3.63, 3.8) is 0 Å². The Morgan fingerprint density at radius 2 is 2.12 bits per heavy atom. The van der Waals surface area contributed by atoms with Crippen LogP contribution in [0, 0.1) is 5.92 Å². The van der Waals surface area contributed by atoms with Gasteiger partial charge in [-0.1, -0.05) is 19.8 Å². The van der Waals surface area contributed by atoms with Crippen molar-refractivity contribution in [3.8, 4) is 0 Å². The molecule has 0 aromatic heterocycles. The molecule has 1 aliphatic heterocycles. The summed E-state index contributed by atoms with van der Waals surface area (Å²) in [5.74, 6) is 0.921. The lowest BCUT2D eigenvalue weighted by molar-refractivity contribution is -0.0940. The third kappa shape index (κ3) is 3.45. The normalized spacial score (nSPS) is 29.6. The van der Waals surface area contributed by atoms with Crippen LogP contribution in [0.4, 0.5) is 0 Å². The van der Waals surface area contributed by atoms with Gasteiger partial charge >= 0.3 is 0 Å². The highest BCUT2D eigenvalue weighted by Crippen LogP contribution is 2.43. The molecule has 0 amide bonds. The van der Waals surface area contributed by atoms with Crippen molar-refractivity contribution in [2.45, 2.75) is 76.4 Å². The van der Waals surface area contributed by atoms with Gasteiger partial charge in [-0.3, -0.25) is 0 Å². The molecule has 0 aromatic carbocycles. The molecule has 2 atom stereocenters. The third-order valence-electron chi connectivity index (χ3n) is 4.93. The second-order valence-electron chi connectivity index (χ2n) is 6.07. The minimum absolute atomic E-state index is 0.310. The van der Waals surface area contributed by atoms with Gasteiger partial charge in [0, 0.05) is 12.6 Å². The van der Waals surface area contributed by atoms with Crippen LogP contribution >= 0.6 is 0 Å². The highest BCUT2D eigenvalue weighted by molar-refractivity contribution is 4.91. The zero-order valence-electron chi connectivity index (χ0n) is 11.6. The maximum Gasteiger partial charge on any atom is 0.0685 e. The molecule has 1 spiro atoms. The third-order valence-corrected chi connectivity index (χ3v) is 4.93. The molecule has 1 saturated heterocycles. The molecule has 2 nitrogen and oxygen atoms in total. The van der Waals surface area contributed by atoms with Gasteiger partial charge in [0.05, 0.1) is 5.60 Å². The van der Waals surface area contributed by atoms with Crippen molar-refractivity contribution in [2.24, 2.45) is 5.92 Å². The van der Waals surface area contributed by atoms with Crippen LogP contribution in [0.15, 0.2) is 0 Å². The summed E-state index contributed by atoms with van der Waals surface area (Å²) in [5, 5.41) is 3.42. The molecule has 2 aliphatic rings. The maximum atomic E-state index is 6.10. The first-order chi connectivity index (χ1) is 8.28. The highest BCUT2D eigenvalue weighted by atomic mass is 16.5. The van der Waals surface area contributed by atoms with Gasteiger partial charge < -0.3 is 10.1 Å². The summed E-state index contributed by atoms with van der Waals surface area (Å²) < 4.78 is 6.10. The minimum Gasteiger partial charge on any atom is -0.375 e. The minimum atomic E-state index is 0.310. The molecule has 2 rings (SSSR count). The molecule has 0 radical (unpaired) electrons. The van der Waals surface area contributed by atoms with Crippen molar-refractivity contribution >= 4 is 0 Å². The predicted octanol–water partition coefficient (Wildman–Crippen LogP) is 3.50. The molecule has 1 saturated carbocycles. The van der Waals surface area contributed by atoms with E-state index >= 15 is 0 Å². The van der Waals surface area contributed by atoms with Crippen LogP contribution in [-0.2, 0) is 4.74 Å². The summed E-state index contributed by atoms with van der Waals surface area (Å²) in [6.07, 6.45) is 12.1. The smallest absolute Gasteiger partial charge is 0.0685 e. The number of nitrogens with one attached hydrogen (secondary N) is 1. The average molecular weight is 239 g/mol. The summed E-state index contributed by atoms with van der Waals surface area (Å²) >= 11 is 0. The lowest BCUT2D eigenvalue weighted by atomic mass is 9.81. The number of hydrogen-bond acceptors (Lipinski definition) is 2. The van der Waals surface area contributed by atoms with E-state index in [-0.39, 0.29) is 0 Å². The summed E-state index contributed by atoms with van der Waals surface area (Å²) in [5.41, 5.74) is 0.310. The molecule has 2 heteroatoms. The molecular weight excluding hydrogens is 210 g/mol. The topological polar surface area (TPSA) is 21.3 Å². The van der Waals surface area contributed by atoms with Crippen molar-refractivity contribution < 1.29 is 4.74 Å². The number of hydrogen-bond donors (Lipinski definition) is 1. The van der Waals surface area contributed by atoms with Gasteiger partial charge in [-0.15, -0.1) is 0 Å². The number of ether oxygens (including phenoxy) is 1. The monoisotopic (exact) mass is 239 g/mol. The lowest BCUT2D eigenvalue weighted by Crippen LogP contribution is -2.37. The van der Waals surface area contributed by atoms with E-state index in [9.17, 15) is 0 Å². The molecule has 1 heterocycles. The van der Waals surface area contributed by atoms with Crippen molar-refractivity contribution in [3.05, 3.63) is 0 Å². The Balaban J connectivity index is 1.77. The lowest BCUT2D eigenvalue weighted by Gasteiger charge is -2.38. The van der Waals surface area contributed by atoms with Gasteiger partial charge in [0.25, 0.3) is 0 Å². The molecule has 0 aromatic rings. The average Bonchev–Trinajstić information content (AvgIpc) is 2.79. The van der Waals surface area contributed by atoms with E-state index in [0.717, 1.165) is 18.6 Å². The first-order valence-electron chi connectivity index (χ1n) is 7.59. The fourth-order valence-electron chi connectivity index (χ4n) is 3.73. The Bertz CT molecular complexity index is 219. The summed E-state index contributed by atoms with van der Waals surface area (Å²) in [7, 11) is 2.09. The highest BCUT2D eigenvalue weighted by Gasteiger charge is 2.39. The van der Waals surface area contributed by atoms with E-state index in [1.807, 2.05) is 0 Å². The van der Waals surface area contributed by atoms with Crippen LogP contribution in [0.2, 0.25) is 0 Å². The molecule has 1 aliphatic carbocycles. The Morgan fingerprint density at radius 1 is 1.35 bits per heavy atom. The predicted molar refractivity (Wildman–Crippen MR) is 72.2 cm³/mol. The van der Waals surface area contributed by atoms with Crippen LogP contribution in [0.1, 0.15) is 64.7 Å². The van der Waals surface area contributed by atoms with Gasteiger partial charge in [0.15, 0.2) is 0 Å². The molecule has 0 bridgehead atoms. The second kappa shape index (κ2) is 6.19. The largest absolute Gasteiger partial charge is 0.375 e. The fourth-order valence-corrected chi connectivity index (χ4v) is 3.73. The van der Waals surface area contributed by atoms with Gasteiger partial charge in [-0.25, -0.2) is 0 Å². The summed E-state index contributed by atoms with van der Waals surface area (Å²) in [6.45, 7) is 3.30. The van der Waals surface area contributed by atoms with Gasteiger partial charge in [-0.2, -0.15) is 0 Å². The molecule has 17 heavy (non-hydrogen) atoms. The summed E-state index contributed by atoms with van der Waals surface area (Å²) in [4.78, 5) is 0. The Hall–Kier alpha value is -0.0800. The maximum absolute atomic E-state index is 6.10. The van der Waals surface area contributed by atoms with E-state index in [4.69, 9.17) is 4.74 Å². The van der Waals surface area contributed by atoms with Crippen LogP contribution in [0.5, 0.6) is 0 Å². The van der Waals surface area contributed by atoms with E-state index < -0.39 is 0 Å². The second-order valence-corrected chi connectivity index (χ2v) is 6.07. The Morgan fingerprint density at radius 3 is 2.76 bits per heavy atom. The van der Waals surface area contributed by atoms with E-state index in [0.29, 0.717) is 5.60 Å². The summed E-state index contributed by atoms with van der Waals surface area (Å²) in [6, 6.07) is 0.720. The zero-order valence-corrected chi connectivity index (χ0v) is 11.6. The van der Waals surface area contributed by atoms with Crippen LogP contribution in [0.3, 0.4) is 0 Å². The standard InChI is InChI=1S/C15H29NO/c1-3-14(16-2)7-6-13-8-11-17-15(12-13)9-4-5-10-15/h13-14,16H,3-12H2,1-2H3. The first kappa shape index (κ1) is 13.4. The first-order valence-corrected chi connectivity index (χ1v) is 7.59. The van der Waals surface area contributed by atoms with E-state index in [1.54, 1.807) is 0 Å². The Labute approximate surface area is 107 Å². The van der Waals surface area contributed by atoms with Crippen molar-refractivity contribution in [2.75, 3.05) is 13.7 Å². The molecule has 2 unspecified atom stereocenters. The van der Waals surface area contributed by atoms with Crippen LogP contribution < -0.4 is 5.32 Å². The molecular formula is C15H29NO.